The minimum atomic E-state index is -0.319. The zero-order valence-electron chi connectivity index (χ0n) is 16.9. The number of amides is 1. The van der Waals surface area contributed by atoms with Gasteiger partial charge in [-0.1, -0.05) is 72.4 Å². The Morgan fingerprint density at radius 1 is 1.03 bits per heavy atom. The van der Waals surface area contributed by atoms with Gasteiger partial charge in [-0.05, 0) is 26.3 Å². The summed E-state index contributed by atoms with van der Waals surface area (Å²) >= 11 is 1.25. The number of hydrogen-bond donors (Lipinski definition) is 1. The maximum absolute atomic E-state index is 13.0. The Morgan fingerprint density at radius 2 is 1.66 bits per heavy atom. The largest absolute Gasteiger partial charge is 0.333 e. The summed E-state index contributed by atoms with van der Waals surface area (Å²) in [5, 5.41) is 0.443. The molecule has 3 rings (SSSR count). The highest BCUT2D eigenvalue weighted by Crippen LogP contribution is 2.22. The Kier molecular flexibility index (Phi) is 6.54. The van der Waals surface area contributed by atoms with E-state index in [0.29, 0.717) is 17.4 Å². The van der Waals surface area contributed by atoms with Gasteiger partial charge < -0.3 is 9.88 Å². The summed E-state index contributed by atoms with van der Waals surface area (Å²) in [6, 6.07) is 20.9. The Balaban J connectivity index is 1.74. The van der Waals surface area contributed by atoms with Crippen LogP contribution >= 0.6 is 11.8 Å². The number of benzene rings is 2. The number of hydrogen-bond acceptors (Lipinski definition) is 4. The average molecular weight is 408 g/mol. The average Bonchev–Trinajstić information content (AvgIpc) is 2.70. The number of rotatable bonds is 6. The summed E-state index contributed by atoms with van der Waals surface area (Å²) in [4.78, 5) is 34.2. The first-order chi connectivity index (χ1) is 13.8. The second kappa shape index (κ2) is 9.09. The van der Waals surface area contributed by atoms with Gasteiger partial charge in [-0.2, -0.15) is 0 Å². The summed E-state index contributed by atoms with van der Waals surface area (Å²) in [7, 11) is 0. The lowest BCUT2D eigenvalue weighted by Crippen LogP contribution is -2.45. The molecule has 1 N–H and O–H groups in total. The lowest BCUT2D eigenvalue weighted by molar-refractivity contribution is -0.133. The number of thioether (sulfide) groups is 1. The van der Waals surface area contributed by atoms with E-state index < -0.39 is 0 Å². The van der Waals surface area contributed by atoms with Gasteiger partial charge in [-0.15, -0.1) is 0 Å². The molecule has 0 saturated heterocycles. The first-order valence-corrected chi connectivity index (χ1v) is 10.5. The molecular weight excluding hydrogens is 382 g/mol. The molecule has 1 heterocycles. The molecule has 150 valence electrons. The van der Waals surface area contributed by atoms with Crippen LogP contribution in [0.25, 0.3) is 11.3 Å². The SMILES string of the molecule is CC(C)(C)N(Cc1ccccc1)C(=O)CSc1nc(-c2ccccc2)cc(=O)[nH]1. The number of aromatic nitrogens is 2. The Labute approximate surface area is 175 Å². The number of H-pyrrole nitrogens is 1. The molecule has 1 aromatic heterocycles. The molecule has 3 aromatic rings. The molecule has 0 bridgehead atoms. The minimum absolute atomic E-state index is 0.000818. The fraction of sp³-hybridized carbons (Fsp3) is 0.261. The van der Waals surface area contributed by atoms with Crippen LogP contribution in [0.5, 0.6) is 0 Å². The van der Waals surface area contributed by atoms with Crippen LogP contribution in [0.15, 0.2) is 76.7 Å². The van der Waals surface area contributed by atoms with Crippen molar-refractivity contribution >= 4 is 17.7 Å². The summed E-state index contributed by atoms with van der Waals surface area (Å²) < 4.78 is 0. The monoisotopic (exact) mass is 407 g/mol. The number of nitrogens with zero attached hydrogens (tertiary/aromatic N) is 2. The smallest absolute Gasteiger partial charge is 0.252 e. The van der Waals surface area contributed by atoms with Crippen LogP contribution in [0.4, 0.5) is 0 Å². The van der Waals surface area contributed by atoms with Gasteiger partial charge in [0.05, 0.1) is 11.4 Å². The molecule has 0 aliphatic heterocycles. The molecule has 6 heteroatoms. The van der Waals surface area contributed by atoms with Crippen LogP contribution in [0.1, 0.15) is 26.3 Å². The van der Waals surface area contributed by atoms with Crippen molar-refractivity contribution in [1.29, 1.82) is 0 Å². The molecule has 29 heavy (non-hydrogen) atoms. The van der Waals surface area contributed by atoms with Gasteiger partial charge in [0.15, 0.2) is 5.16 Å². The summed E-state index contributed by atoms with van der Waals surface area (Å²) in [6.07, 6.45) is 0. The van der Waals surface area contributed by atoms with Gasteiger partial charge >= 0.3 is 0 Å². The summed E-state index contributed by atoms with van der Waals surface area (Å²) in [5.74, 6) is 0.199. The molecule has 0 fully saturated rings. The summed E-state index contributed by atoms with van der Waals surface area (Å²) in [6.45, 7) is 6.61. The quantitative estimate of drug-likeness (QED) is 0.487. The molecule has 0 saturated carbocycles. The highest BCUT2D eigenvalue weighted by molar-refractivity contribution is 7.99. The number of aromatic amines is 1. The number of nitrogens with one attached hydrogen (secondary N) is 1. The van der Waals surface area contributed by atoms with Crippen LogP contribution in [0, 0.1) is 0 Å². The van der Waals surface area contributed by atoms with Crippen molar-refractivity contribution in [1.82, 2.24) is 14.9 Å². The third kappa shape index (κ3) is 5.81. The van der Waals surface area contributed by atoms with E-state index in [1.807, 2.05) is 86.3 Å². The molecule has 1 amide bonds. The molecule has 2 aromatic carbocycles. The van der Waals surface area contributed by atoms with Crippen LogP contribution < -0.4 is 5.56 Å². The highest BCUT2D eigenvalue weighted by Gasteiger charge is 2.26. The fourth-order valence-electron chi connectivity index (χ4n) is 2.93. The second-order valence-electron chi connectivity index (χ2n) is 7.73. The molecule has 0 unspecified atom stereocenters. The first-order valence-electron chi connectivity index (χ1n) is 9.47. The van der Waals surface area contributed by atoms with Crippen molar-refractivity contribution in [3.8, 4) is 11.3 Å². The van der Waals surface area contributed by atoms with E-state index in [0.717, 1.165) is 11.1 Å². The van der Waals surface area contributed by atoms with E-state index in [1.165, 1.54) is 17.8 Å². The van der Waals surface area contributed by atoms with Crippen molar-refractivity contribution in [2.75, 3.05) is 5.75 Å². The van der Waals surface area contributed by atoms with Crippen molar-refractivity contribution in [3.05, 3.63) is 82.6 Å². The third-order valence-corrected chi connectivity index (χ3v) is 5.27. The van der Waals surface area contributed by atoms with Crippen LogP contribution in [-0.2, 0) is 11.3 Å². The van der Waals surface area contributed by atoms with E-state index in [9.17, 15) is 9.59 Å². The zero-order chi connectivity index (χ0) is 20.9. The minimum Gasteiger partial charge on any atom is -0.333 e. The molecule has 5 nitrogen and oxygen atoms in total. The van der Waals surface area contributed by atoms with Crippen molar-refractivity contribution in [3.63, 3.8) is 0 Å². The van der Waals surface area contributed by atoms with Crippen LogP contribution in [0.2, 0.25) is 0 Å². The third-order valence-electron chi connectivity index (χ3n) is 4.42. The van der Waals surface area contributed by atoms with E-state index in [2.05, 4.69) is 9.97 Å². The van der Waals surface area contributed by atoms with Gasteiger partial charge in [0, 0.05) is 23.7 Å². The van der Waals surface area contributed by atoms with E-state index in [-0.39, 0.29) is 22.8 Å². The van der Waals surface area contributed by atoms with Crippen molar-refractivity contribution < 1.29 is 4.79 Å². The molecule has 0 aliphatic rings. The Hall–Kier alpha value is -2.86. The molecule has 0 atom stereocenters. The van der Waals surface area contributed by atoms with Gasteiger partial charge in [0.1, 0.15) is 0 Å². The molecule has 0 radical (unpaired) electrons. The molecule has 0 aliphatic carbocycles. The van der Waals surface area contributed by atoms with Gasteiger partial charge in [-0.3, -0.25) is 9.59 Å². The lowest BCUT2D eigenvalue weighted by Gasteiger charge is -2.36. The maximum atomic E-state index is 13.0. The van der Waals surface area contributed by atoms with Gasteiger partial charge in [0.25, 0.3) is 5.56 Å². The van der Waals surface area contributed by atoms with Crippen molar-refractivity contribution in [2.45, 2.75) is 38.0 Å². The predicted octanol–water partition coefficient (Wildman–Crippen LogP) is 4.36. The van der Waals surface area contributed by atoms with Gasteiger partial charge in [0.2, 0.25) is 5.91 Å². The topological polar surface area (TPSA) is 66.1 Å². The summed E-state index contributed by atoms with van der Waals surface area (Å²) in [5.41, 5.74) is 2.00. The standard InChI is InChI=1S/C23H25N3O2S/c1-23(2,3)26(15-17-10-6-4-7-11-17)21(28)16-29-22-24-19(14-20(27)25-22)18-12-8-5-9-13-18/h4-14H,15-16H2,1-3H3,(H,24,25,27). The maximum Gasteiger partial charge on any atom is 0.252 e. The van der Waals surface area contributed by atoms with Gasteiger partial charge in [-0.25, -0.2) is 4.98 Å². The van der Waals surface area contributed by atoms with E-state index >= 15 is 0 Å². The van der Waals surface area contributed by atoms with Crippen molar-refractivity contribution in [2.24, 2.45) is 0 Å². The molecule has 0 spiro atoms. The Morgan fingerprint density at radius 3 is 2.28 bits per heavy atom. The van der Waals surface area contributed by atoms with E-state index in [1.54, 1.807) is 0 Å². The second-order valence-corrected chi connectivity index (χ2v) is 8.69. The first kappa shape index (κ1) is 20.9. The highest BCUT2D eigenvalue weighted by atomic mass is 32.2. The number of carbonyl (C=O) groups is 1. The van der Waals surface area contributed by atoms with Crippen LogP contribution in [-0.4, -0.2) is 32.1 Å². The van der Waals surface area contributed by atoms with Crippen LogP contribution in [0.3, 0.4) is 0 Å². The number of carbonyl (C=O) groups excluding carboxylic acids is 1. The lowest BCUT2D eigenvalue weighted by atomic mass is 10.0. The fourth-order valence-corrected chi connectivity index (χ4v) is 3.69. The zero-order valence-corrected chi connectivity index (χ0v) is 17.7. The predicted molar refractivity (Wildman–Crippen MR) is 118 cm³/mol. The normalized spacial score (nSPS) is 11.3. The molecular formula is C23H25N3O2S. The van der Waals surface area contributed by atoms with E-state index in [4.69, 9.17) is 0 Å². The Bertz CT molecular complexity index is 1010.